The molecule has 1 N–H and O–H groups in total. The monoisotopic (exact) mass is 266 g/mol. The van der Waals surface area contributed by atoms with Crippen molar-refractivity contribution in [2.24, 2.45) is 0 Å². The minimum absolute atomic E-state index is 0.165. The quantitative estimate of drug-likeness (QED) is 0.785. The molecule has 0 atom stereocenters. The molecule has 1 rings (SSSR count). The van der Waals surface area contributed by atoms with Crippen LogP contribution in [-0.4, -0.2) is 40.9 Å². The van der Waals surface area contributed by atoms with Crippen LogP contribution >= 0.6 is 0 Å². The minimum Gasteiger partial charge on any atom is -0.309 e. The van der Waals surface area contributed by atoms with E-state index < -0.39 is 0 Å². The summed E-state index contributed by atoms with van der Waals surface area (Å²) in [6.45, 7) is 10.7. The van der Waals surface area contributed by atoms with E-state index in [2.05, 4.69) is 74.1 Å². The molecule has 0 radical (unpaired) electrons. The number of nitrogens with zero attached hydrogens (tertiary/aromatic N) is 3. The lowest BCUT2D eigenvalue weighted by Gasteiger charge is -2.32. The van der Waals surface area contributed by atoms with Crippen LogP contribution < -0.4 is 5.32 Å². The van der Waals surface area contributed by atoms with E-state index in [0.717, 1.165) is 31.6 Å². The van der Waals surface area contributed by atoms with E-state index in [4.69, 9.17) is 0 Å². The van der Waals surface area contributed by atoms with Gasteiger partial charge in [0.15, 0.2) is 0 Å². The second-order valence-corrected chi connectivity index (χ2v) is 6.07. The summed E-state index contributed by atoms with van der Waals surface area (Å²) in [4.78, 5) is 2.24. The normalized spacial score (nSPS) is 12.6. The molecule has 0 saturated carbocycles. The molecule has 4 heteroatoms. The Labute approximate surface area is 118 Å². The van der Waals surface area contributed by atoms with E-state index in [1.54, 1.807) is 0 Å². The van der Waals surface area contributed by atoms with Crippen molar-refractivity contribution in [2.75, 3.05) is 20.6 Å². The predicted octanol–water partition coefficient (Wildman–Crippen LogP) is 2.67. The highest BCUT2D eigenvalue weighted by Gasteiger charge is 2.19. The Balaban J connectivity index is 2.47. The molecule has 0 aromatic carbocycles. The van der Waals surface area contributed by atoms with Crippen LogP contribution in [0.1, 0.15) is 52.3 Å². The van der Waals surface area contributed by atoms with Crippen LogP contribution in [0.3, 0.4) is 0 Å². The van der Waals surface area contributed by atoms with Gasteiger partial charge in [0.25, 0.3) is 0 Å². The van der Waals surface area contributed by atoms with E-state index in [1.165, 1.54) is 0 Å². The van der Waals surface area contributed by atoms with Gasteiger partial charge in [0, 0.05) is 24.8 Å². The van der Waals surface area contributed by atoms with Crippen molar-refractivity contribution in [3.8, 4) is 0 Å². The summed E-state index contributed by atoms with van der Waals surface area (Å²) in [5.74, 6) is 0. The van der Waals surface area contributed by atoms with E-state index in [0.29, 0.717) is 6.04 Å². The summed E-state index contributed by atoms with van der Waals surface area (Å²) in [6.07, 6.45) is 4.38. The number of hydrogen-bond donors (Lipinski definition) is 1. The van der Waals surface area contributed by atoms with Crippen molar-refractivity contribution in [1.82, 2.24) is 20.0 Å². The zero-order valence-electron chi connectivity index (χ0n) is 13.4. The molecule has 0 aliphatic carbocycles. The zero-order chi connectivity index (χ0) is 14.5. The molecule has 1 heterocycles. The maximum atomic E-state index is 4.66. The molecule has 4 nitrogen and oxygen atoms in total. The van der Waals surface area contributed by atoms with E-state index in [1.807, 2.05) is 0 Å². The third-order valence-electron chi connectivity index (χ3n) is 4.05. The fourth-order valence-electron chi connectivity index (χ4n) is 1.99. The molecule has 0 spiro atoms. The molecule has 0 aliphatic heterocycles. The van der Waals surface area contributed by atoms with Crippen LogP contribution in [0.5, 0.6) is 0 Å². The van der Waals surface area contributed by atoms with Crippen molar-refractivity contribution in [3.05, 3.63) is 18.0 Å². The van der Waals surface area contributed by atoms with E-state index >= 15 is 0 Å². The Kier molecular flexibility index (Phi) is 6.01. The van der Waals surface area contributed by atoms with Gasteiger partial charge in [-0.3, -0.25) is 4.68 Å². The molecule has 0 bridgehead atoms. The minimum atomic E-state index is 0.165. The SMILES string of the molecule is CCC(CC)n1ccc(CNCC(C)(C)N(C)C)n1. The average Bonchev–Trinajstić information content (AvgIpc) is 2.79. The lowest BCUT2D eigenvalue weighted by Crippen LogP contribution is -2.46. The van der Waals surface area contributed by atoms with Crippen LogP contribution in [0.4, 0.5) is 0 Å². The Bertz CT molecular complexity index is 364. The highest BCUT2D eigenvalue weighted by atomic mass is 15.3. The van der Waals surface area contributed by atoms with Gasteiger partial charge in [-0.25, -0.2) is 0 Å². The summed E-state index contributed by atoms with van der Waals surface area (Å²) < 4.78 is 2.11. The van der Waals surface area contributed by atoms with Crippen molar-refractivity contribution in [2.45, 2.75) is 58.7 Å². The van der Waals surface area contributed by atoms with Gasteiger partial charge in [0.1, 0.15) is 0 Å². The number of aromatic nitrogens is 2. The molecule has 1 aromatic rings. The van der Waals surface area contributed by atoms with Crippen LogP contribution in [0, 0.1) is 0 Å². The molecule has 0 fully saturated rings. The highest BCUT2D eigenvalue weighted by molar-refractivity contribution is 4.99. The van der Waals surface area contributed by atoms with Gasteiger partial charge in [0.05, 0.1) is 11.7 Å². The lowest BCUT2D eigenvalue weighted by molar-refractivity contribution is 0.189. The summed E-state index contributed by atoms with van der Waals surface area (Å²) in [5, 5.41) is 8.15. The molecule has 19 heavy (non-hydrogen) atoms. The Morgan fingerprint density at radius 2 is 1.95 bits per heavy atom. The predicted molar refractivity (Wildman–Crippen MR) is 81.3 cm³/mol. The Morgan fingerprint density at radius 1 is 1.32 bits per heavy atom. The standard InChI is InChI=1S/C15H30N4/c1-7-14(8-2)19-10-9-13(17-19)11-16-12-15(3,4)18(5)6/h9-10,14,16H,7-8,11-12H2,1-6H3. The number of likely N-dealkylation sites (N-methyl/N-ethyl adjacent to an activating group) is 1. The molecular formula is C15H30N4. The van der Waals surface area contributed by atoms with Crippen LogP contribution in [0.25, 0.3) is 0 Å². The van der Waals surface area contributed by atoms with Gasteiger partial charge < -0.3 is 10.2 Å². The maximum Gasteiger partial charge on any atom is 0.0762 e. The zero-order valence-corrected chi connectivity index (χ0v) is 13.4. The molecule has 0 saturated heterocycles. The number of hydrogen-bond acceptors (Lipinski definition) is 3. The fourth-order valence-corrected chi connectivity index (χ4v) is 1.99. The smallest absolute Gasteiger partial charge is 0.0762 e. The first-order chi connectivity index (χ1) is 8.90. The van der Waals surface area contributed by atoms with Crippen molar-refractivity contribution in [3.63, 3.8) is 0 Å². The summed E-state index contributed by atoms with van der Waals surface area (Å²) in [6, 6.07) is 2.65. The van der Waals surface area contributed by atoms with Crippen molar-refractivity contribution >= 4 is 0 Å². The Morgan fingerprint density at radius 3 is 2.47 bits per heavy atom. The first-order valence-electron chi connectivity index (χ1n) is 7.32. The summed E-state index contributed by atoms with van der Waals surface area (Å²) in [5.41, 5.74) is 1.29. The van der Waals surface area contributed by atoms with E-state index in [9.17, 15) is 0 Å². The summed E-state index contributed by atoms with van der Waals surface area (Å²) >= 11 is 0. The second-order valence-electron chi connectivity index (χ2n) is 6.07. The van der Waals surface area contributed by atoms with E-state index in [-0.39, 0.29) is 5.54 Å². The number of rotatable bonds is 8. The summed E-state index contributed by atoms with van der Waals surface area (Å²) in [7, 11) is 4.23. The fraction of sp³-hybridized carbons (Fsp3) is 0.800. The second kappa shape index (κ2) is 7.06. The van der Waals surface area contributed by atoms with Crippen LogP contribution in [0.15, 0.2) is 12.3 Å². The molecule has 110 valence electrons. The van der Waals surface area contributed by atoms with Gasteiger partial charge >= 0.3 is 0 Å². The van der Waals surface area contributed by atoms with Crippen molar-refractivity contribution < 1.29 is 0 Å². The molecule has 0 aliphatic rings. The van der Waals surface area contributed by atoms with Crippen LogP contribution in [0.2, 0.25) is 0 Å². The average molecular weight is 266 g/mol. The van der Waals surface area contributed by atoms with Crippen LogP contribution in [-0.2, 0) is 6.54 Å². The topological polar surface area (TPSA) is 33.1 Å². The first-order valence-corrected chi connectivity index (χ1v) is 7.32. The molecule has 0 unspecified atom stereocenters. The van der Waals surface area contributed by atoms with Gasteiger partial charge in [-0.2, -0.15) is 5.10 Å². The number of nitrogens with one attached hydrogen (secondary N) is 1. The van der Waals surface area contributed by atoms with Crippen molar-refractivity contribution in [1.29, 1.82) is 0 Å². The molecular weight excluding hydrogens is 236 g/mol. The Hall–Kier alpha value is -0.870. The third kappa shape index (κ3) is 4.62. The molecule has 0 amide bonds. The molecule has 1 aromatic heterocycles. The lowest BCUT2D eigenvalue weighted by atomic mass is 10.0. The highest BCUT2D eigenvalue weighted by Crippen LogP contribution is 2.14. The van der Waals surface area contributed by atoms with Gasteiger partial charge in [-0.1, -0.05) is 13.8 Å². The van der Waals surface area contributed by atoms with Gasteiger partial charge in [-0.15, -0.1) is 0 Å². The largest absolute Gasteiger partial charge is 0.309 e. The van der Waals surface area contributed by atoms with Gasteiger partial charge in [-0.05, 0) is 46.9 Å². The maximum absolute atomic E-state index is 4.66. The van der Waals surface area contributed by atoms with Gasteiger partial charge in [0.2, 0.25) is 0 Å². The third-order valence-corrected chi connectivity index (χ3v) is 4.05. The first kappa shape index (κ1) is 16.2.